The average Bonchev–Trinajstić information content (AvgIpc) is 2.36. The van der Waals surface area contributed by atoms with Gasteiger partial charge in [0.05, 0.1) is 18.6 Å². The van der Waals surface area contributed by atoms with E-state index in [0.717, 1.165) is 25.9 Å². The second-order valence-electron chi connectivity index (χ2n) is 4.29. The zero-order valence-corrected chi connectivity index (χ0v) is 10.2. The van der Waals surface area contributed by atoms with Crippen LogP contribution in [0.5, 0.6) is 0 Å². The maximum Gasteiger partial charge on any atom is 0.231 e. The molecule has 6 heteroatoms. The molecule has 4 N–H and O–H groups in total. The van der Waals surface area contributed by atoms with E-state index in [1.165, 1.54) is 0 Å². The molecule has 0 radical (unpaired) electrons. The van der Waals surface area contributed by atoms with Gasteiger partial charge in [-0.2, -0.15) is 0 Å². The fourth-order valence-electron chi connectivity index (χ4n) is 1.93. The Labute approximate surface area is 101 Å². The van der Waals surface area contributed by atoms with Gasteiger partial charge in [-0.1, -0.05) is 18.5 Å². The zero-order valence-electron chi connectivity index (χ0n) is 10.2. The number of hydrogen-bond acceptors (Lipinski definition) is 4. The van der Waals surface area contributed by atoms with E-state index < -0.39 is 5.92 Å². The Balaban J connectivity index is 2.52. The maximum atomic E-state index is 12.0. The van der Waals surface area contributed by atoms with E-state index in [1.807, 2.05) is 6.92 Å². The summed E-state index contributed by atoms with van der Waals surface area (Å²) in [5.41, 5.74) is 5.52. The van der Waals surface area contributed by atoms with Gasteiger partial charge in [-0.05, 0) is 19.3 Å². The van der Waals surface area contributed by atoms with Crippen molar-refractivity contribution in [2.45, 2.75) is 38.6 Å². The highest BCUT2D eigenvalue weighted by atomic mass is 16.5. The summed E-state index contributed by atoms with van der Waals surface area (Å²) < 4.78 is 5.28. The lowest BCUT2D eigenvalue weighted by atomic mass is 10.0. The highest BCUT2D eigenvalue weighted by Crippen LogP contribution is 2.10. The molecule has 1 saturated heterocycles. The third kappa shape index (κ3) is 4.22. The molecule has 2 unspecified atom stereocenters. The Kier molecular flexibility index (Phi) is 5.76. The van der Waals surface area contributed by atoms with Crippen molar-refractivity contribution < 1.29 is 14.7 Å². The number of nitrogens with two attached hydrogens (primary N) is 1. The summed E-state index contributed by atoms with van der Waals surface area (Å²) in [6.07, 6.45) is 3.25. The standard InChI is InChI=1S/C11H21N3O3/c1-2-4-9(10(12)14-16)11(15)13-8-5-3-6-17-7-8/h8-9,16H,2-7H2,1H3,(H2,12,14)(H,13,15). The molecule has 1 aliphatic rings. The Morgan fingerprint density at radius 1 is 1.71 bits per heavy atom. The lowest BCUT2D eigenvalue weighted by Crippen LogP contribution is -2.46. The summed E-state index contributed by atoms with van der Waals surface area (Å²) >= 11 is 0. The van der Waals surface area contributed by atoms with Gasteiger partial charge in [0.2, 0.25) is 5.91 Å². The summed E-state index contributed by atoms with van der Waals surface area (Å²) in [5, 5.41) is 14.5. The molecule has 1 amide bonds. The van der Waals surface area contributed by atoms with Gasteiger partial charge >= 0.3 is 0 Å². The number of hydrogen-bond donors (Lipinski definition) is 3. The van der Waals surface area contributed by atoms with Crippen LogP contribution in [0.4, 0.5) is 0 Å². The first-order valence-corrected chi connectivity index (χ1v) is 6.04. The van der Waals surface area contributed by atoms with Crippen LogP contribution in [0.3, 0.4) is 0 Å². The monoisotopic (exact) mass is 243 g/mol. The minimum absolute atomic E-state index is 0.0268. The Morgan fingerprint density at radius 2 is 2.47 bits per heavy atom. The summed E-state index contributed by atoms with van der Waals surface area (Å²) in [7, 11) is 0. The fraction of sp³-hybridized carbons (Fsp3) is 0.818. The van der Waals surface area contributed by atoms with Gasteiger partial charge in [-0.3, -0.25) is 4.79 Å². The van der Waals surface area contributed by atoms with Crippen molar-refractivity contribution in [3.63, 3.8) is 0 Å². The van der Waals surface area contributed by atoms with E-state index in [-0.39, 0.29) is 17.8 Å². The number of oxime groups is 1. The molecule has 2 atom stereocenters. The molecular formula is C11H21N3O3. The largest absolute Gasteiger partial charge is 0.409 e. The first-order chi connectivity index (χ1) is 8.19. The van der Waals surface area contributed by atoms with Gasteiger partial charge < -0.3 is 21.0 Å². The first kappa shape index (κ1) is 13.8. The number of amidine groups is 1. The molecule has 0 aromatic carbocycles. The molecule has 0 aromatic rings. The van der Waals surface area contributed by atoms with Gasteiger partial charge in [0.25, 0.3) is 0 Å². The SMILES string of the molecule is CCCC(C(=O)NC1CCCOC1)C(N)=NO. The maximum absolute atomic E-state index is 12.0. The van der Waals surface area contributed by atoms with Crippen LogP contribution < -0.4 is 11.1 Å². The molecule has 0 saturated carbocycles. The number of carbonyl (C=O) groups excluding carboxylic acids is 1. The summed E-state index contributed by atoms with van der Waals surface area (Å²) in [6, 6.07) is 0.0436. The van der Waals surface area contributed by atoms with Crippen LogP contribution in [-0.2, 0) is 9.53 Å². The average molecular weight is 243 g/mol. The molecule has 0 aliphatic carbocycles. The normalized spacial score (nSPS) is 23.1. The summed E-state index contributed by atoms with van der Waals surface area (Å²) in [4.78, 5) is 12.0. The third-order valence-electron chi connectivity index (χ3n) is 2.87. The van der Waals surface area contributed by atoms with Gasteiger partial charge in [0.15, 0.2) is 5.84 Å². The van der Waals surface area contributed by atoms with Crippen molar-refractivity contribution in [3.05, 3.63) is 0 Å². The number of ether oxygens (including phenoxy) is 1. The molecule has 6 nitrogen and oxygen atoms in total. The molecule has 1 heterocycles. The fourth-order valence-corrected chi connectivity index (χ4v) is 1.93. The highest BCUT2D eigenvalue weighted by molar-refractivity contribution is 6.02. The van der Waals surface area contributed by atoms with Crippen molar-refractivity contribution in [3.8, 4) is 0 Å². The smallest absolute Gasteiger partial charge is 0.231 e. The Hall–Kier alpha value is -1.30. The Bertz CT molecular complexity index is 275. The van der Waals surface area contributed by atoms with Crippen LogP contribution >= 0.6 is 0 Å². The van der Waals surface area contributed by atoms with E-state index >= 15 is 0 Å². The van der Waals surface area contributed by atoms with Crippen molar-refractivity contribution in [1.29, 1.82) is 0 Å². The van der Waals surface area contributed by atoms with Gasteiger partial charge in [-0.25, -0.2) is 0 Å². The summed E-state index contributed by atoms with van der Waals surface area (Å²) in [6.45, 7) is 3.25. The van der Waals surface area contributed by atoms with E-state index in [1.54, 1.807) is 0 Å². The molecular weight excluding hydrogens is 222 g/mol. The van der Waals surface area contributed by atoms with Crippen LogP contribution in [0.25, 0.3) is 0 Å². The van der Waals surface area contributed by atoms with Crippen LogP contribution in [0, 0.1) is 5.92 Å². The summed E-state index contributed by atoms with van der Waals surface area (Å²) in [5.74, 6) is -0.759. The van der Waals surface area contributed by atoms with E-state index in [2.05, 4.69) is 10.5 Å². The second-order valence-corrected chi connectivity index (χ2v) is 4.29. The van der Waals surface area contributed by atoms with Gasteiger partial charge in [-0.15, -0.1) is 0 Å². The van der Waals surface area contributed by atoms with Crippen molar-refractivity contribution in [2.24, 2.45) is 16.8 Å². The predicted molar refractivity (Wildman–Crippen MR) is 63.8 cm³/mol. The number of nitrogens with zero attached hydrogens (tertiary/aromatic N) is 1. The van der Waals surface area contributed by atoms with Gasteiger partial charge in [0, 0.05) is 6.61 Å². The molecule has 0 spiro atoms. The van der Waals surface area contributed by atoms with Crippen molar-refractivity contribution in [2.75, 3.05) is 13.2 Å². The van der Waals surface area contributed by atoms with Crippen molar-refractivity contribution >= 4 is 11.7 Å². The van der Waals surface area contributed by atoms with E-state index in [9.17, 15) is 4.79 Å². The molecule has 0 bridgehead atoms. The molecule has 17 heavy (non-hydrogen) atoms. The van der Waals surface area contributed by atoms with Crippen LogP contribution in [-0.4, -0.2) is 36.2 Å². The van der Waals surface area contributed by atoms with Crippen molar-refractivity contribution in [1.82, 2.24) is 5.32 Å². The molecule has 98 valence electrons. The number of rotatable bonds is 5. The van der Waals surface area contributed by atoms with Crippen LogP contribution in [0.1, 0.15) is 32.6 Å². The third-order valence-corrected chi connectivity index (χ3v) is 2.87. The molecule has 1 aliphatic heterocycles. The van der Waals surface area contributed by atoms with Crippen LogP contribution in [0.15, 0.2) is 5.16 Å². The number of nitrogens with one attached hydrogen (secondary N) is 1. The predicted octanol–water partition coefficient (Wildman–Crippen LogP) is 0.444. The molecule has 1 fully saturated rings. The van der Waals surface area contributed by atoms with Gasteiger partial charge in [0.1, 0.15) is 0 Å². The first-order valence-electron chi connectivity index (χ1n) is 6.04. The quantitative estimate of drug-likeness (QED) is 0.282. The highest BCUT2D eigenvalue weighted by Gasteiger charge is 2.25. The number of amides is 1. The van der Waals surface area contributed by atoms with E-state index in [0.29, 0.717) is 13.0 Å². The lowest BCUT2D eigenvalue weighted by Gasteiger charge is -2.25. The molecule has 0 aromatic heterocycles. The minimum Gasteiger partial charge on any atom is -0.409 e. The molecule has 1 rings (SSSR count). The lowest BCUT2D eigenvalue weighted by molar-refractivity contribution is -0.124. The zero-order chi connectivity index (χ0) is 12.7. The Morgan fingerprint density at radius 3 is 3.00 bits per heavy atom. The van der Waals surface area contributed by atoms with Crippen LogP contribution in [0.2, 0.25) is 0 Å². The van der Waals surface area contributed by atoms with E-state index in [4.69, 9.17) is 15.7 Å². The second kappa shape index (κ2) is 7.11. The number of carbonyl (C=O) groups is 1. The minimum atomic E-state index is -0.549. The topological polar surface area (TPSA) is 96.9 Å².